The van der Waals surface area contributed by atoms with Crippen molar-refractivity contribution in [3.8, 4) is 0 Å². The van der Waals surface area contributed by atoms with E-state index in [2.05, 4.69) is 42.2 Å². The summed E-state index contributed by atoms with van der Waals surface area (Å²) in [6.45, 7) is 6.76. The van der Waals surface area contributed by atoms with Crippen LogP contribution in [0.15, 0.2) is 23.0 Å². The minimum atomic E-state index is 0.323. The maximum atomic E-state index is 2.82. The van der Waals surface area contributed by atoms with E-state index in [1.807, 2.05) is 0 Å². The van der Waals surface area contributed by atoms with Crippen LogP contribution in [0.5, 0.6) is 0 Å². The lowest BCUT2D eigenvalue weighted by atomic mass is 9.87. The molecular weight excluding hydrogens is 139 g/mol. The molecule has 0 fully saturated rings. The summed E-state index contributed by atoms with van der Waals surface area (Å²) in [6, 6.07) is 0. The highest BCUT2D eigenvalue weighted by molar-refractivity contribution is 7.22. The highest BCUT2D eigenvalue weighted by Crippen LogP contribution is 2.36. The second-order valence-corrected chi connectivity index (χ2v) is 4.49. The van der Waals surface area contributed by atoms with Gasteiger partial charge in [-0.1, -0.05) is 32.9 Å². The molecule has 1 aliphatic carbocycles. The second kappa shape index (κ2) is 2.51. The SMILES string of the molecule is CC(C)(C)C1=C(P)CC=C1. The Morgan fingerprint density at radius 1 is 1.40 bits per heavy atom. The van der Waals surface area contributed by atoms with E-state index in [1.54, 1.807) is 0 Å². The number of allylic oxidation sites excluding steroid dienone is 4. The van der Waals surface area contributed by atoms with E-state index in [-0.39, 0.29) is 0 Å². The lowest BCUT2D eigenvalue weighted by Gasteiger charge is -2.20. The van der Waals surface area contributed by atoms with Crippen LogP contribution >= 0.6 is 9.24 Å². The normalized spacial score (nSPS) is 18.8. The molecule has 1 rings (SSSR count). The molecule has 0 N–H and O–H groups in total. The zero-order chi connectivity index (χ0) is 7.78. The number of hydrogen-bond donors (Lipinski definition) is 0. The van der Waals surface area contributed by atoms with E-state index in [0.717, 1.165) is 6.42 Å². The zero-order valence-electron chi connectivity index (χ0n) is 6.94. The zero-order valence-corrected chi connectivity index (χ0v) is 8.09. The van der Waals surface area contributed by atoms with Gasteiger partial charge >= 0.3 is 0 Å². The fourth-order valence-corrected chi connectivity index (χ4v) is 1.92. The molecule has 0 radical (unpaired) electrons. The first-order valence-electron chi connectivity index (χ1n) is 3.67. The highest BCUT2D eigenvalue weighted by atomic mass is 31.0. The molecule has 56 valence electrons. The highest BCUT2D eigenvalue weighted by Gasteiger charge is 2.18. The predicted molar refractivity (Wildman–Crippen MR) is 49.9 cm³/mol. The van der Waals surface area contributed by atoms with Crippen LogP contribution in [-0.4, -0.2) is 0 Å². The first-order valence-corrected chi connectivity index (χ1v) is 4.25. The maximum Gasteiger partial charge on any atom is -0.00921 e. The molecule has 1 atom stereocenters. The van der Waals surface area contributed by atoms with Crippen LogP contribution in [0.2, 0.25) is 0 Å². The first-order chi connectivity index (χ1) is 4.52. The van der Waals surface area contributed by atoms with Crippen molar-refractivity contribution in [3.05, 3.63) is 23.0 Å². The van der Waals surface area contributed by atoms with E-state index in [4.69, 9.17) is 0 Å². The maximum absolute atomic E-state index is 2.82. The predicted octanol–water partition coefficient (Wildman–Crippen LogP) is 3.12. The number of hydrogen-bond acceptors (Lipinski definition) is 0. The van der Waals surface area contributed by atoms with Crippen LogP contribution < -0.4 is 0 Å². The molecule has 1 unspecified atom stereocenters. The molecule has 0 aliphatic heterocycles. The van der Waals surface area contributed by atoms with Crippen LogP contribution in [-0.2, 0) is 0 Å². The molecule has 0 spiro atoms. The summed E-state index contributed by atoms with van der Waals surface area (Å²) >= 11 is 0. The van der Waals surface area contributed by atoms with Crippen LogP contribution in [0.3, 0.4) is 0 Å². The molecule has 1 heteroatoms. The van der Waals surface area contributed by atoms with E-state index in [1.165, 1.54) is 10.9 Å². The topological polar surface area (TPSA) is 0 Å². The Bertz CT molecular complexity index is 191. The van der Waals surface area contributed by atoms with Gasteiger partial charge in [-0.3, -0.25) is 0 Å². The van der Waals surface area contributed by atoms with Crippen molar-refractivity contribution < 1.29 is 0 Å². The van der Waals surface area contributed by atoms with Gasteiger partial charge < -0.3 is 0 Å². The Kier molecular flexibility index (Phi) is 2.01. The van der Waals surface area contributed by atoms with Gasteiger partial charge in [-0.25, -0.2) is 0 Å². The van der Waals surface area contributed by atoms with Crippen LogP contribution in [0, 0.1) is 5.41 Å². The van der Waals surface area contributed by atoms with Crippen molar-refractivity contribution in [1.82, 2.24) is 0 Å². The minimum Gasteiger partial charge on any atom is -0.109 e. The van der Waals surface area contributed by atoms with Gasteiger partial charge in [0.25, 0.3) is 0 Å². The molecule has 0 aromatic heterocycles. The van der Waals surface area contributed by atoms with E-state index in [9.17, 15) is 0 Å². The van der Waals surface area contributed by atoms with Gasteiger partial charge in [0, 0.05) is 0 Å². The molecule has 0 amide bonds. The molecule has 10 heavy (non-hydrogen) atoms. The van der Waals surface area contributed by atoms with Gasteiger partial charge in [-0.05, 0) is 22.7 Å². The average molecular weight is 154 g/mol. The summed E-state index contributed by atoms with van der Waals surface area (Å²) in [5.74, 6) is 0. The van der Waals surface area contributed by atoms with Crippen molar-refractivity contribution >= 4 is 9.24 Å². The molecule has 0 nitrogen and oxygen atoms in total. The Morgan fingerprint density at radius 2 is 2.00 bits per heavy atom. The van der Waals surface area contributed by atoms with Crippen molar-refractivity contribution in [2.75, 3.05) is 0 Å². The molecule has 1 aliphatic rings. The lowest BCUT2D eigenvalue weighted by Crippen LogP contribution is -2.06. The van der Waals surface area contributed by atoms with Crippen molar-refractivity contribution in [2.24, 2.45) is 5.41 Å². The second-order valence-electron chi connectivity index (χ2n) is 3.80. The van der Waals surface area contributed by atoms with Crippen molar-refractivity contribution in [1.29, 1.82) is 0 Å². The number of rotatable bonds is 0. The van der Waals surface area contributed by atoms with Crippen LogP contribution in [0.25, 0.3) is 0 Å². The van der Waals surface area contributed by atoms with E-state index < -0.39 is 0 Å². The fourth-order valence-electron chi connectivity index (χ4n) is 1.25. The van der Waals surface area contributed by atoms with Crippen LogP contribution in [0.4, 0.5) is 0 Å². The minimum absolute atomic E-state index is 0.323. The smallest absolute Gasteiger partial charge is 0.00921 e. The molecule has 0 heterocycles. The third-order valence-corrected chi connectivity index (χ3v) is 2.32. The fraction of sp³-hybridized carbons (Fsp3) is 0.556. The van der Waals surface area contributed by atoms with E-state index >= 15 is 0 Å². The summed E-state index contributed by atoms with van der Waals surface area (Å²) in [5, 5.41) is 1.45. The third-order valence-electron chi connectivity index (χ3n) is 1.78. The summed E-state index contributed by atoms with van der Waals surface area (Å²) in [5.41, 5.74) is 1.81. The monoisotopic (exact) mass is 154 g/mol. The van der Waals surface area contributed by atoms with Crippen LogP contribution in [0.1, 0.15) is 27.2 Å². The Morgan fingerprint density at radius 3 is 2.20 bits per heavy atom. The summed E-state index contributed by atoms with van der Waals surface area (Å²) in [4.78, 5) is 0. The summed E-state index contributed by atoms with van der Waals surface area (Å²) in [7, 11) is 2.82. The standard InChI is InChI=1S/C9H15P/c1-9(2,3)7-5-4-6-8(7)10/h4-5H,6,10H2,1-3H3. The summed E-state index contributed by atoms with van der Waals surface area (Å²) in [6.07, 6.45) is 5.59. The Labute approximate surface area is 65.6 Å². The van der Waals surface area contributed by atoms with Gasteiger partial charge in [0.15, 0.2) is 0 Å². The molecule has 0 saturated carbocycles. The Hall–Kier alpha value is -0.0900. The van der Waals surface area contributed by atoms with E-state index in [0.29, 0.717) is 5.41 Å². The molecule has 0 saturated heterocycles. The third kappa shape index (κ3) is 1.49. The lowest BCUT2D eigenvalue weighted by molar-refractivity contribution is 0.517. The van der Waals surface area contributed by atoms with Gasteiger partial charge in [0.05, 0.1) is 0 Å². The quantitative estimate of drug-likeness (QED) is 0.470. The van der Waals surface area contributed by atoms with Crippen molar-refractivity contribution in [2.45, 2.75) is 27.2 Å². The van der Waals surface area contributed by atoms with Gasteiger partial charge in [-0.2, -0.15) is 0 Å². The Balaban J connectivity index is 2.91. The molecule has 0 bridgehead atoms. The molecular formula is C9H15P. The van der Waals surface area contributed by atoms with Gasteiger partial charge in [0.1, 0.15) is 0 Å². The van der Waals surface area contributed by atoms with Gasteiger partial charge in [0.2, 0.25) is 0 Å². The summed E-state index contributed by atoms with van der Waals surface area (Å²) < 4.78 is 0. The largest absolute Gasteiger partial charge is 0.109 e. The first kappa shape index (κ1) is 8.01. The average Bonchev–Trinajstić information content (AvgIpc) is 2.11. The molecule has 0 aromatic carbocycles. The van der Waals surface area contributed by atoms with Gasteiger partial charge in [-0.15, -0.1) is 9.24 Å². The molecule has 0 aromatic rings. The van der Waals surface area contributed by atoms with Crippen molar-refractivity contribution in [3.63, 3.8) is 0 Å².